The van der Waals surface area contributed by atoms with Crippen molar-refractivity contribution >= 4 is 5.78 Å². The lowest BCUT2D eigenvalue weighted by atomic mass is 9.92. The molecule has 0 N–H and O–H groups in total. The van der Waals surface area contributed by atoms with E-state index in [1.54, 1.807) is 0 Å². The largest absolute Gasteiger partial charge is 0.298 e. The molecular weight excluding hydrogens is 162 g/mol. The van der Waals surface area contributed by atoms with Crippen molar-refractivity contribution in [3.8, 4) is 6.07 Å². The molecule has 1 aliphatic carbocycles. The number of hydrogen-bond donors (Lipinski definition) is 0. The van der Waals surface area contributed by atoms with E-state index in [0.29, 0.717) is 6.42 Å². The molecule has 2 nitrogen and oxygen atoms in total. The Bertz CT molecular complexity index is 205. The highest BCUT2D eigenvalue weighted by Gasteiger charge is 2.17. The number of nitriles is 1. The van der Waals surface area contributed by atoms with Gasteiger partial charge in [-0.15, -0.1) is 0 Å². The van der Waals surface area contributed by atoms with Crippen molar-refractivity contribution in [3.63, 3.8) is 0 Å². The number of ketones is 1. The number of nitrogens with zero attached hydrogens (tertiary/aromatic N) is 1. The second kappa shape index (κ2) is 5.75. The van der Waals surface area contributed by atoms with E-state index < -0.39 is 0 Å². The fraction of sp³-hybridized carbons (Fsp3) is 0.818. The van der Waals surface area contributed by atoms with Crippen molar-refractivity contribution in [2.75, 3.05) is 0 Å². The van der Waals surface area contributed by atoms with E-state index in [2.05, 4.69) is 6.07 Å². The fourth-order valence-electron chi connectivity index (χ4n) is 1.83. The van der Waals surface area contributed by atoms with Gasteiger partial charge in [0.25, 0.3) is 0 Å². The second-order valence-electron chi connectivity index (χ2n) is 3.81. The van der Waals surface area contributed by atoms with Gasteiger partial charge in [-0.25, -0.2) is 0 Å². The smallest absolute Gasteiger partial charge is 0.149 e. The summed E-state index contributed by atoms with van der Waals surface area (Å²) in [4.78, 5) is 11.4. The van der Waals surface area contributed by atoms with E-state index in [-0.39, 0.29) is 11.7 Å². The van der Waals surface area contributed by atoms with Gasteiger partial charge in [0.1, 0.15) is 11.7 Å². The van der Waals surface area contributed by atoms with Crippen LogP contribution in [0.15, 0.2) is 0 Å². The first kappa shape index (κ1) is 10.2. The van der Waals surface area contributed by atoms with Gasteiger partial charge in [-0.3, -0.25) is 4.79 Å². The summed E-state index contributed by atoms with van der Waals surface area (Å²) in [5, 5.41) is 8.77. The lowest BCUT2D eigenvalue weighted by Gasteiger charge is -2.10. The third-order valence-electron chi connectivity index (χ3n) is 2.71. The van der Waals surface area contributed by atoms with E-state index in [1.807, 2.05) is 0 Å². The molecule has 0 heterocycles. The predicted molar refractivity (Wildman–Crippen MR) is 51.0 cm³/mol. The molecule has 1 saturated carbocycles. The van der Waals surface area contributed by atoms with Crippen LogP contribution in [0.25, 0.3) is 0 Å². The van der Waals surface area contributed by atoms with Crippen LogP contribution in [0.2, 0.25) is 0 Å². The average molecular weight is 179 g/mol. The first-order valence-electron chi connectivity index (χ1n) is 5.27. The maximum Gasteiger partial charge on any atom is 0.149 e. The van der Waals surface area contributed by atoms with Crippen molar-refractivity contribution in [2.24, 2.45) is 5.92 Å². The Morgan fingerprint density at radius 3 is 2.38 bits per heavy atom. The molecule has 0 bridgehead atoms. The Hall–Kier alpha value is -0.840. The number of carbonyl (C=O) groups is 1. The summed E-state index contributed by atoms with van der Waals surface area (Å²) in [5.41, 5.74) is 0. The Morgan fingerprint density at radius 2 is 1.69 bits per heavy atom. The number of hydrogen-bond acceptors (Lipinski definition) is 2. The van der Waals surface area contributed by atoms with Gasteiger partial charge in [0, 0.05) is 6.42 Å². The third kappa shape index (κ3) is 3.59. The zero-order chi connectivity index (χ0) is 9.52. The lowest BCUT2D eigenvalue weighted by molar-refractivity contribution is -0.121. The van der Waals surface area contributed by atoms with Crippen LogP contribution in [0.3, 0.4) is 0 Å². The van der Waals surface area contributed by atoms with E-state index in [4.69, 9.17) is 5.26 Å². The zero-order valence-corrected chi connectivity index (χ0v) is 8.09. The molecular formula is C11H17NO. The van der Waals surface area contributed by atoms with Crippen LogP contribution in [-0.2, 0) is 4.79 Å². The molecule has 1 atom stereocenters. The molecule has 1 unspecified atom stereocenters. The minimum atomic E-state index is -0.307. The normalized spacial score (nSPS) is 26.4. The van der Waals surface area contributed by atoms with E-state index in [1.165, 1.54) is 19.3 Å². The summed E-state index contributed by atoms with van der Waals surface area (Å²) in [6.45, 7) is 0. The molecule has 0 saturated heterocycles. The topological polar surface area (TPSA) is 40.9 Å². The molecule has 13 heavy (non-hydrogen) atoms. The van der Waals surface area contributed by atoms with Crippen LogP contribution in [0.5, 0.6) is 0 Å². The second-order valence-corrected chi connectivity index (χ2v) is 3.81. The van der Waals surface area contributed by atoms with Gasteiger partial charge in [0.05, 0.1) is 6.07 Å². The molecule has 0 aromatic heterocycles. The summed E-state index contributed by atoms with van der Waals surface area (Å²) in [5.74, 6) is -0.137. The Balaban J connectivity index is 2.43. The van der Waals surface area contributed by atoms with Gasteiger partial charge >= 0.3 is 0 Å². The predicted octanol–water partition coefficient (Wildman–Crippen LogP) is 2.83. The fourth-order valence-corrected chi connectivity index (χ4v) is 1.83. The van der Waals surface area contributed by atoms with Crippen molar-refractivity contribution in [2.45, 2.75) is 51.4 Å². The van der Waals surface area contributed by atoms with Gasteiger partial charge < -0.3 is 0 Å². The minimum Gasteiger partial charge on any atom is -0.298 e. The van der Waals surface area contributed by atoms with Gasteiger partial charge in [0.2, 0.25) is 0 Å². The number of Topliss-reactive ketones (excluding diaryl/α,β-unsaturated/α-hetero) is 1. The van der Waals surface area contributed by atoms with Crippen LogP contribution >= 0.6 is 0 Å². The number of rotatable bonds is 0. The summed E-state index contributed by atoms with van der Waals surface area (Å²) >= 11 is 0. The Morgan fingerprint density at radius 1 is 1.08 bits per heavy atom. The Kier molecular flexibility index (Phi) is 4.53. The molecule has 0 aromatic rings. The maximum absolute atomic E-state index is 11.4. The molecule has 1 rings (SSSR count). The van der Waals surface area contributed by atoms with Crippen LogP contribution in [0, 0.1) is 17.2 Å². The van der Waals surface area contributed by atoms with E-state index >= 15 is 0 Å². The molecule has 2 heteroatoms. The van der Waals surface area contributed by atoms with Gasteiger partial charge in [0.15, 0.2) is 0 Å². The number of carbonyl (C=O) groups excluding carboxylic acids is 1. The first-order chi connectivity index (χ1) is 6.34. The molecule has 0 amide bonds. The highest BCUT2D eigenvalue weighted by Crippen LogP contribution is 2.18. The minimum absolute atomic E-state index is 0.171. The standard InChI is InChI=1S/C11H17NO/c12-9-10-7-5-3-1-2-4-6-8-11(10)13/h10H,1-8H2. The van der Waals surface area contributed by atoms with Gasteiger partial charge in [-0.2, -0.15) is 5.26 Å². The SMILES string of the molecule is N#CC1CCCCCCCCC1=O. The quantitative estimate of drug-likeness (QED) is 0.573. The average Bonchev–Trinajstić information content (AvgIpc) is 2.16. The summed E-state index contributed by atoms with van der Waals surface area (Å²) in [7, 11) is 0. The van der Waals surface area contributed by atoms with E-state index in [9.17, 15) is 4.79 Å². The molecule has 0 spiro atoms. The summed E-state index contributed by atoms with van der Waals surface area (Å²) in [6.07, 6.45) is 8.31. The third-order valence-corrected chi connectivity index (χ3v) is 2.71. The zero-order valence-electron chi connectivity index (χ0n) is 8.09. The first-order valence-corrected chi connectivity index (χ1v) is 5.27. The molecule has 1 aliphatic rings. The monoisotopic (exact) mass is 179 g/mol. The van der Waals surface area contributed by atoms with Crippen LogP contribution in [0.4, 0.5) is 0 Å². The van der Waals surface area contributed by atoms with Gasteiger partial charge in [-0.05, 0) is 12.8 Å². The van der Waals surface area contributed by atoms with Gasteiger partial charge in [-0.1, -0.05) is 32.1 Å². The molecule has 0 radical (unpaired) electrons. The molecule has 0 aliphatic heterocycles. The lowest BCUT2D eigenvalue weighted by Crippen LogP contribution is -2.13. The highest BCUT2D eigenvalue weighted by atomic mass is 16.1. The molecule has 72 valence electrons. The van der Waals surface area contributed by atoms with E-state index in [0.717, 1.165) is 25.7 Å². The van der Waals surface area contributed by atoms with Crippen LogP contribution in [-0.4, -0.2) is 5.78 Å². The van der Waals surface area contributed by atoms with Crippen LogP contribution < -0.4 is 0 Å². The maximum atomic E-state index is 11.4. The van der Waals surface area contributed by atoms with Crippen molar-refractivity contribution in [1.29, 1.82) is 5.26 Å². The van der Waals surface area contributed by atoms with Crippen LogP contribution in [0.1, 0.15) is 51.4 Å². The highest BCUT2D eigenvalue weighted by molar-refractivity contribution is 5.83. The van der Waals surface area contributed by atoms with Crippen molar-refractivity contribution < 1.29 is 4.79 Å². The Labute approximate surface area is 79.9 Å². The van der Waals surface area contributed by atoms with Crippen molar-refractivity contribution in [3.05, 3.63) is 0 Å². The summed E-state index contributed by atoms with van der Waals surface area (Å²) in [6, 6.07) is 2.12. The molecule has 0 aromatic carbocycles. The summed E-state index contributed by atoms with van der Waals surface area (Å²) < 4.78 is 0. The van der Waals surface area contributed by atoms with Crippen molar-refractivity contribution in [1.82, 2.24) is 0 Å². The molecule has 1 fully saturated rings.